The Kier molecular flexibility index (Phi) is 7.36. The molecule has 0 aromatic rings. The first-order valence-corrected chi connectivity index (χ1v) is 10.4. The molecule has 186 valence electrons. The van der Waals surface area contributed by atoms with Crippen molar-refractivity contribution < 1.29 is 69.3 Å². The van der Waals surface area contributed by atoms with Crippen molar-refractivity contribution in [2.75, 3.05) is 13.2 Å². The minimum Gasteiger partial charge on any atom is -0.394 e. The summed E-state index contributed by atoms with van der Waals surface area (Å²) in [6.07, 6.45) is -20.6. The largest absolute Gasteiger partial charge is 0.394 e. The smallest absolute Gasteiger partial charge is 0.187 e. The lowest BCUT2D eigenvalue weighted by molar-refractivity contribution is -0.370. The maximum atomic E-state index is 10.8. The minimum absolute atomic E-state index is 0.0124. The Morgan fingerprint density at radius 2 is 1.34 bits per heavy atom. The third-order valence-electron chi connectivity index (χ3n) is 6.28. The van der Waals surface area contributed by atoms with Crippen molar-refractivity contribution in [3.05, 3.63) is 0 Å². The second-order valence-electron chi connectivity index (χ2n) is 8.45. The molecule has 4 heterocycles. The number of aliphatic hydroxyl groups excluding tert-OH is 8. The normalized spacial score (nSPS) is 56.3. The van der Waals surface area contributed by atoms with E-state index in [1.165, 1.54) is 6.92 Å². The molecule has 4 rings (SSSR count). The van der Waals surface area contributed by atoms with E-state index in [0.29, 0.717) is 0 Å². The van der Waals surface area contributed by atoms with Gasteiger partial charge in [0.2, 0.25) is 0 Å². The molecule has 0 aromatic heterocycles. The molecule has 4 fully saturated rings. The van der Waals surface area contributed by atoms with Gasteiger partial charge in [-0.3, -0.25) is 0 Å². The van der Waals surface area contributed by atoms with Gasteiger partial charge in [0, 0.05) is 0 Å². The summed E-state index contributed by atoms with van der Waals surface area (Å²) in [5.41, 5.74) is 0. The zero-order valence-corrected chi connectivity index (χ0v) is 17.1. The molecule has 0 spiro atoms. The summed E-state index contributed by atoms with van der Waals surface area (Å²) in [7, 11) is 0. The summed E-state index contributed by atoms with van der Waals surface area (Å²) in [4.78, 5) is 0. The van der Waals surface area contributed by atoms with E-state index in [-0.39, 0.29) is 6.61 Å². The van der Waals surface area contributed by atoms with Gasteiger partial charge in [-0.15, -0.1) is 0 Å². The maximum Gasteiger partial charge on any atom is 0.187 e. The molecule has 15 atom stereocenters. The molecule has 0 aromatic carbocycles. The highest BCUT2D eigenvalue weighted by Gasteiger charge is 2.55. The predicted octanol–water partition coefficient (Wildman–Crippen LogP) is -5.50. The van der Waals surface area contributed by atoms with E-state index in [1.807, 2.05) is 0 Å². The van der Waals surface area contributed by atoms with Crippen LogP contribution in [0.3, 0.4) is 0 Å². The fourth-order valence-electron chi connectivity index (χ4n) is 4.30. The van der Waals surface area contributed by atoms with E-state index in [0.717, 1.165) is 0 Å². The Bertz CT molecular complexity index is 639. The Morgan fingerprint density at radius 3 is 2.03 bits per heavy atom. The molecule has 32 heavy (non-hydrogen) atoms. The molecule has 4 aliphatic heterocycles. The van der Waals surface area contributed by atoms with Gasteiger partial charge in [0.05, 0.1) is 19.3 Å². The number of hydrogen-bond donors (Lipinski definition) is 8. The molecule has 14 nitrogen and oxygen atoms in total. The molecule has 0 radical (unpaired) electrons. The lowest BCUT2D eigenvalue weighted by Gasteiger charge is -2.47. The number of hydrogen-bond acceptors (Lipinski definition) is 14. The molecule has 4 saturated heterocycles. The van der Waals surface area contributed by atoms with Crippen LogP contribution >= 0.6 is 0 Å². The molecule has 0 amide bonds. The minimum atomic E-state index is -1.72. The number of fused-ring (bicyclic) bond motifs is 2. The molecule has 0 aliphatic carbocycles. The van der Waals surface area contributed by atoms with Gasteiger partial charge < -0.3 is 69.3 Å². The molecular formula is C18H30O14. The van der Waals surface area contributed by atoms with Crippen molar-refractivity contribution in [2.24, 2.45) is 0 Å². The van der Waals surface area contributed by atoms with Crippen LogP contribution in [0.5, 0.6) is 0 Å². The number of aliphatic hydroxyl groups is 8. The zero-order chi connectivity index (χ0) is 23.3. The van der Waals surface area contributed by atoms with Crippen LogP contribution in [0, 0.1) is 0 Å². The Hall–Kier alpha value is -0.560. The molecular weight excluding hydrogens is 440 g/mol. The summed E-state index contributed by atoms with van der Waals surface area (Å²) in [6, 6.07) is 0. The second kappa shape index (κ2) is 9.59. The Balaban J connectivity index is 1.49. The molecule has 0 unspecified atom stereocenters. The first-order valence-electron chi connectivity index (χ1n) is 10.4. The molecule has 8 N–H and O–H groups in total. The first-order chi connectivity index (χ1) is 15.1. The summed E-state index contributed by atoms with van der Waals surface area (Å²) in [5.74, 6) is 0. The van der Waals surface area contributed by atoms with E-state index in [4.69, 9.17) is 28.4 Å². The summed E-state index contributed by atoms with van der Waals surface area (Å²) >= 11 is 0. The van der Waals surface area contributed by atoms with Crippen LogP contribution in [0.1, 0.15) is 6.92 Å². The first kappa shape index (κ1) is 24.6. The quantitative estimate of drug-likeness (QED) is 0.188. The van der Waals surface area contributed by atoms with E-state index in [1.54, 1.807) is 0 Å². The van der Waals surface area contributed by atoms with E-state index >= 15 is 0 Å². The van der Waals surface area contributed by atoms with Gasteiger partial charge >= 0.3 is 0 Å². The highest BCUT2D eigenvalue weighted by Crippen LogP contribution is 2.34. The van der Waals surface area contributed by atoms with Gasteiger partial charge in [-0.25, -0.2) is 0 Å². The lowest BCUT2D eigenvalue weighted by atomic mass is 9.96. The van der Waals surface area contributed by atoms with Crippen molar-refractivity contribution >= 4 is 0 Å². The Morgan fingerprint density at radius 1 is 0.688 bits per heavy atom. The molecule has 0 saturated carbocycles. The van der Waals surface area contributed by atoms with Crippen LogP contribution in [0.2, 0.25) is 0 Å². The van der Waals surface area contributed by atoms with Gasteiger partial charge in [-0.2, -0.15) is 0 Å². The summed E-state index contributed by atoms with van der Waals surface area (Å²) in [5, 5.41) is 81.3. The summed E-state index contributed by atoms with van der Waals surface area (Å²) < 4.78 is 32.6. The zero-order valence-electron chi connectivity index (χ0n) is 17.1. The van der Waals surface area contributed by atoms with E-state index in [9.17, 15) is 40.9 Å². The van der Waals surface area contributed by atoms with Crippen LogP contribution in [-0.4, -0.2) is 146 Å². The van der Waals surface area contributed by atoms with E-state index in [2.05, 4.69) is 0 Å². The van der Waals surface area contributed by atoms with Crippen molar-refractivity contribution in [1.82, 2.24) is 0 Å². The van der Waals surface area contributed by atoms with Gasteiger partial charge in [0.25, 0.3) is 0 Å². The molecule has 4 aliphatic rings. The highest BCUT2D eigenvalue weighted by molar-refractivity contribution is 4.97. The number of rotatable bonds is 5. The Labute approximate surface area is 182 Å². The summed E-state index contributed by atoms with van der Waals surface area (Å²) in [6.45, 7) is 0.751. The predicted molar refractivity (Wildman–Crippen MR) is 96.5 cm³/mol. The van der Waals surface area contributed by atoms with Crippen LogP contribution < -0.4 is 0 Å². The van der Waals surface area contributed by atoms with Crippen LogP contribution in [0.15, 0.2) is 0 Å². The lowest BCUT2D eigenvalue weighted by Crippen LogP contribution is -2.65. The molecule has 14 heteroatoms. The van der Waals surface area contributed by atoms with Gasteiger partial charge in [-0.1, -0.05) is 0 Å². The van der Waals surface area contributed by atoms with Crippen molar-refractivity contribution in [1.29, 1.82) is 0 Å². The van der Waals surface area contributed by atoms with Gasteiger partial charge in [0.1, 0.15) is 67.1 Å². The van der Waals surface area contributed by atoms with Crippen molar-refractivity contribution in [2.45, 2.75) is 99.0 Å². The molecule has 2 bridgehead atoms. The van der Waals surface area contributed by atoms with E-state index < -0.39 is 98.7 Å². The third kappa shape index (κ3) is 4.30. The monoisotopic (exact) mass is 470 g/mol. The average molecular weight is 470 g/mol. The van der Waals surface area contributed by atoms with Gasteiger partial charge in [-0.05, 0) is 6.92 Å². The van der Waals surface area contributed by atoms with Crippen LogP contribution in [-0.2, 0) is 28.4 Å². The van der Waals surface area contributed by atoms with Crippen molar-refractivity contribution in [3.8, 4) is 0 Å². The SMILES string of the molecule is C[C@@H]1O[C@H](O[C@H]2[C@H](O)[C@@H](O[C@H]3[C@H](O)[C@@H](O)[C@H]4OC[C@@H]3O4)O[C@@H](CO)[C@@H]2O)[C@@H](O)[C@H](O)[C@H]1O. The average Bonchev–Trinajstić information content (AvgIpc) is 3.22. The second-order valence-corrected chi connectivity index (χ2v) is 8.45. The standard InChI is InChI=1S/C18H30O14/c1-4-7(20)9(22)11(24)17(28-4)32-15-8(21)5(2-19)29-18(13(15)26)31-14-6-3-27-16(30-6)12(25)10(14)23/h4-26H,2-3H2,1H3/t4-,5-,6-,7-,8-,9+,10+,11-,12+,13-,14+,15+,16-,17+,18+/m0/s1. The maximum absolute atomic E-state index is 10.8. The van der Waals surface area contributed by atoms with Gasteiger partial charge in [0.15, 0.2) is 18.9 Å². The fraction of sp³-hybridized carbons (Fsp3) is 1.00. The van der Waals surface area contributed by atoms with Crippen LogP contribution in [0.4, 0.5) is 0 Å². The van der Waals surface area contributed by atoms with Crippen LogP contribution in [0.25, 0.3) is 0 Å². The third-order valence-corrected chi connectivity index (χ3v) is 6.28. The van der Waals surface area contributed by atoms with Crippen molar-refractivity contribution in [3.63, 3.8) is 0 Å². The number of ether oxygens (including phenoxy) is 6. The topological polar surface area (TPSA) is 217 Å². The fourth-order valence-corrected chi connectivity index (χ4v) is 4.30. The highest BCUT2D eigenvalue weighted by atomic mass is 16.8.